The lowest BCUT2D eigenvalue weighted by Gasteiger charge is -2.12. The Labute approximate surface area is 99.9 Å². The Morgan fingerprint density at radius 2 is 2.41 bits per heavy atom. The van der Waals surface area contributed by atoms with E-state index >= 15 is 0 Å². The molecule has 1 amide bonds. The number of rotatable bonds is 3. The Morgan fingerprint density at radius 1 is 1.59 bits per heavy atom. The second kappa shape index (κ2) is 5.12. The lowest BCUT2D eigenvalue weighted by atomic mass is 10.1. The predicted molar refractivity (Wildman–Crippen MR) is 63.4 cm³/mol. The van der Waals surface area contributed by atoms with Gasteiger partial charge in [0.25, 0.3) is 0 Å². The minimum atomic E-state index is -0.387. The quantitative estimate of drug-likeness (QED) is 0.832. The molecule has 92 valence electrons. The standard InChI is InChI=1S/C12H17N3O2/c1-9-3-4-10(7-9)14-11(16)8-15-6-2-5-13-12(15)17/h2,5-6,9-10H,3-4,7-8H2,1H3,(H,14,16). The summed E-state index contributed by atoms with van der Waals surface area (Å²) >= 11 is 0. The highest BCUT2D eigenvalue weighted by molar-refractivity contribution is 5.76. The normalized spacial score (nSPS) is 23.6. The van der Waals surface area contributed by atoms with Gasteiger partial charge in [-0.25, -0.2) is 9.78 Å². The van der Waals surface area contributed by atoms with E-state index in [1.807, 2.05) is 0 Å². The molecule has 0 aliphatic heterocycles. The van der Waals surface area contributed by atoms with Crippen LogP contribution in [-0.4, -0.2) is 21.5 Å². The highest BCUT2D eigenvalue weighted by Crippen LogP contribution is 2.24. The summed E-state index contributed by atoms with van der Waals surface area (Å²) in [5, 5.41) is 2.96. The van der Waals surface area contributed by atoms with Crippen molar-refractivity contribution in [2.45, 2.75) is 38.8 Å². The number of hydrogen-bond acceptors (Lipinski definition) is 3. The van der Waals surface area contributed by atoms with Crippen LogP contribution in [0.2, 0.25) is 0 Å². The second-order valence-corrected chi connectivity index (χ2v) is 4.71. The van der Waals surface area contributed by atoms with Gasteiger partial charge in [0.1, 0.15) is 6.54 Å². The largest absolute Gasteiger partial charge is 0.352 e. The van der Waals surface area contributed by atoms with Crippen LogP contribution in [0.15, 0.2) is 23.3 Å². The highest BCUT2D eigenvalue weighted by Gasteiger charge is 2.22. The molecule has 2 atom stereocenters. The molecular formula is C12H17N3O2. The van der Waals surface area contributed by atoms with Gasteiger partial charge in [-0.1, -0.05) is 6.92 Å². The molecule has 1 heterocycles. The summed E-state index contributed by atoms with van der Waals surface area (Å²) in [6.45, 7) is 2.25. The van der Waals surface area contributed by atoms with E-state index in [2.05, 4.69) is 17.2 Å². The fraction of sp³-hybridized carbons (Fsp3) is 0.583. The van der Waals surface area contributed by atoms with Gasteiger partial charge in [0.2, 0.25) is 5.91 Å². The van der Waals surface area contributed by atoms with Crippen LogP contribution in [-0.2, 0) is 11.3 Å². The molecule has 0 spiro atoms. The molecule has 2 unspecified atom stereocenters. The van der Waals surface area contributed by atoms with Crippen molar-refractivity contribution in [3.63, 3.8) is 0 Å². The maximum atomic E-state index is 11.7. The number of aromatic nitrogens is 2. The SMILES string of the molecule is CC1CCC(NC(=O)Cn2cccnc2=O)C1. The zero-order valence-electron chi connectivity index (χ0n) is 9.93. The van der Waals surface area contributed by atoms with Crippen molar-refractivity contribution in [3.8, 4) is 0 Å². The summed E-state index contributed by atoms with van der Waals surface area (Å²) in [4.78, 5) is 26.6. The van der Waals surface area contributed by atoms with Gasteiger partial charge in [0, 0.05) is 18.4 Å². The zero-order chi connectivity index (χ0) is 12.3. The molecule has 1 fully saturated rings. The highest BCUT2D eigenvalue weighted by atomic mass is 16.2. The maximum Gasteiger partial charge on any atom is 0.347 e. The first kappa shape index (κ1) is 11.8. The van der Waals surface area contributed by atoms with Gasteiger partial charge in [-0.15, -0.1) is 0 Å². The third-order valence-corrected chi connectivity index (χ3v) is 3.16. The van der Waals surface area contributed by atoms with Crippen LogP contribution in [0.3, 0.4) is 0 Å². The number of nitrogens with one attached hydrogen (secondary N) is 1. The van der Waals surface area contributed by atoms with Crippen LogP contribution in [0.25, 0.3) is 0 Å². The van der Waals surface area contributed by atoms with E-state index in [1.165, 1.54) is 10.8 Å². The van der Waals surface area contributed by atoms with E-state index in [9.17, 15) is 9.59 Å². The van der Waals surface area contributed by atoms with Crippen LogP contribution in [0, 0.1) is 5.92 Å². The van der Waals surface area contributed by atoms with Gasteiger partial charge in [-0.3, -0.25) is 9.36 Å². The fourth-order valence-corrected chi connectivity index (χ4v) is 2.27. The minimum Gasteiger partial charge on any atom is -0.352 e. The molecule has 0 radical (unpaired) electrons. The van der Waals surface area contributed by atoms with Crippen LogP contribution >= 0.6 is 0 Å². The minimum absolute atomic E-state index is 0.0531. The Hall–Kier alpha value is -1.65. The van der Waals surface area contributed by atoms with E-state index in [0.717, 1.165) is 19.3 Å². The monoisotopic (exact) mass is 235 g/mol. The number of carbonyl (C=O) groups is 1. The van der Waals surface area contributed by atoms with Gasteiger partial charge in [0.05, 0.1) is 0 Å². The number of carbonyl (C=O) groups excluding carboxylic acids is 1. The van der Waals surface area contributed by atoms with Crippen LogP contribution < -0.4 is 11.0 Å². The first-order chi connectivity index (χ1) is 8.15. The molecule has 1 aromatic heterocycles. The van der Waals surface area contributed by atoms with E-state index in [4.69, 9.17) is 0 Å². The molecule has 1 aliphatic rings. The predicted octanol–water partition coefficient (Wildman–Crippen LogP) is 0.548. The smallest absolute Gasteiger partial charge is 0.347 e. The Bertz CT molecular complexity index is 455. The van der Waals surface area contributed by atoms with Gasteiger partial charge in [-0.2, -0.15) is 0 Å². The number of amides is 1. The lowest BCUT2D eigenvalue weighted by Crippen LogP contribution is -2.37. The summed E-state index contributed by atoms with van der Waals surface area (Å²) in [6.07, 6.45) is 6.24. The summed E-state index contributed by atoms with van der Waals surface area (Å²) in [5.74, 6) is 0.570. The Balaban J connectivity index is 1.90. The van der Waals surface area contributed by atoms with Gasteiger partial charge in [-0.05, 0) is 31.2 Å². The van der Waals surface area contributed by atoms with E-state index < -0.39 is 0 Å². The van der Waals surface area contributed by atoms with Crippen LogP contribution in [0.4, 0.5) is 0 Å². The molecule has 1 aliphatic carbocycles. The van der Waals surface area contributed by atoms with E-state index in [-0.39, 0.29) is 24.2 Å². The lowest BCUT2D eigenvalue weighted by molar-refractivity contribution is -0.122. The number of hydrogen-bond donors (Lipinski definition) is 1. The topological polar surface area (TPSA) is 64.0 Å². The second-order valence-electron chi connectivity index (χ2n) is 4.71. The molecule has 1 saturated carbocycles. The summed E-state index contributed by atoms with van der Waals surface area (Å²) in [6, 6.07) is 1.91. The van der Waals surface area contributed by atoms with Crippen molar-refractivity contribution in [2.24, 2.45) is 5.92 Å². The average molecular weight is 235 g/mol. The molecule has 17 heavy (non-hydrogen) atoms. The first-order valence-electron chi connectivity index (χ1n) is 5.96. The van der Waals surface area contributed by atoms with E-state index in [0.29, 0.717) is 5.92 Å². The van der Waals surface area contributed by atoms with Crippen molar-refractivity contribution in [3.05, 3.63) is 28.9 Å². The van der Waals surface area contributed by atoms with Crippen molar-refractivity contribution in [1.82, 2.24) is 14.9 Å². The van der Waals surface area contributed by atoms with Crippen molar-refractivity contribution >= 4 is 5.91 Å². The van der Waals surface area contributed by atoms with Crippen molar-refractivity contribution < 1.29 is 4.79 Å². The van der Waals surface area contributed by atoms with Crippen LogP contribution in [0.1, 0.15) is 26.2 Å². The molecule has 0 saturated heterocycles. The molecule has 1 N–H and O–H groups in total. The van der Waals surface area contributed by atoms with E-state index in [1.54, 1.807) is 12.3 Å². The van der Waals surface area contributed by atoms with Crippen LogP contribution in [0.5, 0.6) is 0 Å². The molecule has 5 heteroatoms. The average Bonchev–Trinajstić information content (AvgIpc) is 2.67. The van der Waals surface area contributed by atoms with Gasteiger partial charge < -0.3 is 5.32 Å². The molecule has 2 rings (SSSR count). The fourth-order valence-electron chi connectivity index (χ4n) is 2.27. The van der Waals surface area contributed by atoms with Gasteiger partial charge in [0.15, 0.2) is 0 Å². The summed E-state index contributed by atoms with van der Waals surface area (Å²) < 4.78 is 1.31. The number of nitrogens with zero attached hydrogens (tertiary/aromatic N) is 2. The Kier molecular flexibility index (Phi) is 3.56. The molecule has 0 bridgehead atoms. The zero-order valence-corrected chi connectivity index (χ0v) is 9.93. The summed E-state index contributed by atoms with van der Waals surface area (Å²) in [7, 11) is 0. The maximum absolute atomic E-state index is 11.7. The van der Waals surface area contributed by atoms with Gasteiger partial charge >= 0.3 is 5.69 Å². The summed E-state index contributed by atoms with van der Waals surface area (Å²) in [5.41, 5.74) is -0.387. The first-order valence-corrected chi connectivity index (χ1v) is 5.96. The molecule has 5 nitrogen and oxygen atoms in total. The Morgan fingerprint density at radius 3 is 3.06 bits per heavy atom. The molecule has 0 aromatic carbocycles. The molecular weight excluding hydrogens is 218 g/mol. The third kappa shape index (κ3) is 3.15. The third-order valence-electron chi connectivity index (χ3n) is 3.16. The van der Waals surface area contributed by atoms with Crippen molar-refractivity contribution in [2.75, 3.05) is 0 Å². The molecule has 1 aromatic rings. The van der Waals surface area contributed by atoms with Crippen molar-refractivity contribution in [1.29, 1.82) is 0 Å².